The Morgan fingerprint density at radius 2 is 2.43 bits per heavy atom. The number of carbonyl (C=O) groups is 1. The second-order valence-corrected chi connectivity index (χ2v) is 3.08. The van der Waals surface area contributed by atoms with Gasteiger partial charge < -0.3 is 15.1 Å². The van der Waals surface area contributed by atoms with E-state index in [0.29, 0.717) is 6.54 Å². The first-order chi connectivity index (χ1) is 6.74. The smallest absolute Gasteiger partial charge is 0.234 e. The first-order valence-electron chi connectivity index (χ1n) is 4.77. The van der Waals surface area contributed by atoms with Gasteiger partial charge >= 0.3 is 0 Å². The Hall–Kier alpha value is -1.29. The average molecular weight is 196 g/mol. The van der Waals surface area contributed by atoms with Gasteiger partial charge in [-0.1, -0.05) is 6.92 Å². The first kappa shape index (κ1) is 10.8. The molecule has 0 aromatic carbocycles. The summed E-state index contributed by atoms with van der Waals surface area (Å²) in [5, 5.41) is 5.78. The van der Waals surface area contributed by atoms with E-state index in [1.54, 1.807) is 6.26 Å². The summed E-state index contributed by atoms with van der Waals surface area (Å²) in [5.74, 6) is 0.755. The van der Waals surface area contributed by atoms with Gasteiger partial charge in [0.2, 0.25) is 5.91 Å². The van der Waals surface area contributed by atoms with E-state index in [0.717, 1.165) is 12.3 Å². The van der Waals surface area contributed by atoms with Crippen LogP contribution < -0.4 is 10.6 Å². The van der Waals surface area contributed by atoms with Crippen molar-refractivity contribution in [3.8, 4) is 0 Å². The summed E-state index contributed by atoms with van der Waals surface area (Å²) in [6, 6.07) is 3.58. The summed E-state index contributed by atoms with van der Waals surface area (Å²) in [4.78, 5) is 11.3. The van der Waals surface area contributed by atoms with E-state index in [9.17, 15) is 4.79 Å². The van der Waals surface area contributed by atoms with Gasteiger partial charge in [-0.15, -0.1) is 0 Å². The first-order valence-corrected chi connectivity index (χ1v) is 4.77. The Labute approximate surface area is 83.7 Å². The van der Waals surface area contributed by atoms with Crippen LogP contribution in [0.25, 0.3) is 0 Å². The molecule has 0 spiro atoms. The normalized spacial score (nSPS) is 12.4. The monoisotopic (exact) mass is 196 g/mol. The molecular weight excluding hydrogens is 180 g/mol. The van der Waals surface area contributed by atoms with Crippen molar-refractivity contribution in [2.24, 2.45) is 0 Å². The van der Waals surface area contributed by atoms with Gasteiger partial charge in [-0.2, -0.15) is 0 Å². The summed E-state index contributed by atoms with van der Waals surface area (Å²) in [6.45, 7) is 5.00. The molecule has 78 valence electrons. The highest BCUT2D eigenvalue weighted by atomic mass is 16.3. The van der Waals surface area contributed by atoms with Crippen LogP contribution in [0.3, 0.4) is 0 Å². The molecule has 14 heavy (non-hydrogen) atoms. The third-order valence-corrected chi connectivity index (χ3v) is 1.88. The van der Waals surface area contributed by atoms with Crippen LogP contribution in [0, 0.1) is 0 Å². The molecule has 0 saturated carbocycles. The zero-order valence-corrected chi connectivity index (χ0v) is 8.54. The molecule has 4 heteroatoms. The van der Waals surface area contributed by atoms with Crippen LogP contribution >= 0.6 is 0 Å². The second kappa shape index (κ2) is 5.44. The number of carbonyl (C=O) groups excluding carboxylic acids is 1. The molecule has 1 atom stereocenters. The van der Waals surface area contributed by atoms with Crippen molar-refractivity contribution in [2.75, 3.05) is 13.1 Å². The van der Waals surface area contributed by atoms with Crippen LogP contribution in [0.15, 0.2) is 22.8 Å². The fourth-order valence-electron chi connectivity index (χ4n) is 1.14. The molecule has 0 unspecified atom stereocenters. The summed E-state index contributed by atoms with van der Waals surface area (Å²) in [6.07, 6.45) is 1.60. The zero-order chi connectivity index (χ0) is 10.4. The summed E-state index contributed by atoms with van der Waals surface area (Å²) in [7, 11) is 0. The van der Waals surface area contributed by atoms with E-state index in [1.165, 1.54) is 0 Å². The van der Waals surface area contributed by atoms with E-state index in [2.05, 4.69) is 10.6 Å². The fourth-order valence-corrected chi connectivity index (χ4v) is 1.14. The maximum absolute atomic E-state index is 11.3. The molecule has 1 rings (SSSR count). The van der Waals surface area contributed by atoms with Crippen molar-refractivity contribution in [1.82, 2.24) is 10.6 Å². The minimum atomic E-state index is -0.0730. The van der Waals surface area contributed by atoms with Crippen molar-refractivity contribution in [2.45, 2.75) is 19.9 Å². The van der Waals surface area contributed by atoms with Crippen molar-refractivity contribution in [3.63, 3.8) is 0 Å². The second-order valence-electron chi connectivity index (χ2n) is 3.08. The van der Waals surface area contributed by atoms with E-state index < -0.39 is 0 Å². The molecule has 4 nitrogen and oxygen atoms in total. The quantitative estimate of drug-likeness (QED) is 0.740. The minimum absolute atomic E-state index is 0.0178. The molecule has 0 radical (unpaired) electrons. The highest BCUT2D eigenvalue weighted by Crippen LogP contribution is 2.11. The number of hydrogen-bond donors (Lipinski definition) is 2. The van der Waals surface area contributed by atoms with Crippen LogP contribution in [0.2, 0.25) is 0 Å². The molecule has 1 amide bonds. The molecule has 2 N–H and O–H groups in total. The third kappa shape index (κ3) is 3.22. The molecule has 1 heterocycles. The lowest BCUT2D eigenvalue weighted by molar-refractivity contribution is -0.121. The van der Waals surface area contributed by atoms with Crippen LogP contribution in [0.5, 0.6) is 0 Å². The number of rotatable bonds is 5. The summed E-state index contributed by atoms with van der Waals surface area (Å²) >= 11 is 0. The Kier molecular flexibility index (Phi) is 4.19. The van der Waals surface area contributed by atoms with E-state index in [-0.39, 0.29) is 11.9 Å². The minimum Gasteiger partial charge on any atom is -0.467 e. The van der Waals surface area contributed by atoms with Crippen LogP contribution in [0.4, 0.5) is 0 Å². The van der Waals surface area contributed by atoms with Gasteiger partial charge in [0.1, 0.15) is 5.76 Å². The van der Waals surface area contributed by atoms with Crippen LogP contribution in [-0.4, -0.2) is 19.0 Å². The van der Waals surface area contributed by atoms with Gasteiger partial charge in [0.05, 0.1) is 18.8 Å². The van der Waals surface area contributed by atoms with Crippen molar-refractivity contribution >= 4 is 5.91 Å². The predicted molar refractivity (Wildman–Crippen MR) is 53.8 cm³/mol. The fraction of sp³-hybridized carbons (Fsp3) is 0.500. The molecule has 0 saturated heterocycles. The van der Waals surface area contributed by atoms with E-state index in [1.807, 2.05) is 26.0 Å². The highest BCUT2D eigenvalue weighted by Gasteiger charge is 2.10. The summed E-state index contributed by atoms with van der Waals surface area (Å²) < 4.78 is 5.17. The lowest BCUT2D eigenvalue weighted by Gasteiger charge is -2.11. The molecule has 0 bridgehead atoms. The van der Waals surface area contributed by atoms with Crippen LogP contribution in [-0.2, 0) is 4.79 Å². The van der Waals surface area contributed by atoms with Gasteiger partial charge in [-0.3, -0.25) is 4.79 Å². The SMILES string of the molecule is CCNCC(=O)N[C@@H](C)c1ccco1. The third-order valence-electron chi connectivity index (χ3n) is 1.88. The predicted octanol–water partition coefficient (Wildman–Crippen LogP) is 1.07. The molecule has 0 fully saturated rings. The molecule has 1 aromatic heterocycles. The Morgan fingerprint density at radius 3 is 3.00 bits per heavy atom. The topological polar surface area (TPSA) is 54.3 Å². The standard InChI is InChI=1S/C10H16N2O2/c1-3-11-7-10(13)12-8(2)9-5-4-6-14-9/h4-6,8,11H,3,7H2,1-2H3,(H,12,13)/t8-/m0/s1. The maximum Gasteiger partial charge on any atom is 0.234 e. The number of nitrogens with one attached hydrogen (secondary N) is 2. The van der Waals surface area contributed by atoms with Gasteiger partial charge in [0.15, 0.2) is 0 Å². The lowest BCUT2D eigenvalue weighted by Crippen LogP contribution is -2.35. The molecule has 1 aromatic rings. The van der Waals surface area contributed by atoms with Gasteiger partial charge in [-0.05, 0) is 25.6 Å². The molecule has 0 aliphatic carbocycles. The van der Waals surface area contributed by atoms with Gasteiger partial charge in [0, 0.05) is 0 Å². The van der Waals surface area contributed by atoms with Crippen molar-refractivity contribution < 1.29 is 9.21 Å². The Bertz CT molecular complexity index is 270. The number of furan rings is 1. The van der Waals surface area contributed by atoms with Gasteiger partial charge in [0.25, 0.3) is 0 Å². The van der Waals surface area contributed by atoms with Crippen LogP contribution in [0.1, 0.15) is 25.6 Å². The molecular formula is C10H16N2O2. The zero-order valence-electron chi connectivity index (χ0n) is 8.54. The highest BCUT2D eigenvalue weighted by molar-refractivity contribution is 5.78. The van der Waals surface area contributed by atoms with Gasteiger partial charge in [-0.25, -0.2) is 0 Å². The average Bonchev–Trinajstić information content (AvgIpc) is 2.67. The number of hydrogen-bond acceptors (Lipinski definition) is 3. The summed E-state index contributed by atoms with van der Waals surface area (Å²) in [5.41, 5.74) is 0. The largest absolute Gasteiger partial charge is 0.467 e. The van der Waals surface area contributed by atoms with E-state index >= 15 is 0 Å². The Morgan fingerprint density at radius 1 is 1.64 bits per heavy atom. The van der Waals surface area contributed by atoms with Crippen molar-refractivity contribution in [1.29, 1.82) is 0 Å². The Balaban J connectivity index is 2.33. The molecule has 0 aliphatic heterocycles. The molecule has 0 aliphatic rings. The van der Waals surface area contributed by atoms with Crippen molar-refractivity contribution in [3.05, 3.63) is 24.2 Å². The number of likely N-dealkylation sites (N-methyl/N-ethyl adjacent to an activating group) is 1. The number of amides is 1. The maximum atomic E-state index is 11.3. The van der Waals surface area contributed by atoms with E-state index in [4.69, 9.17) is 4.42 Å². The lowest BCUT2D eigenvalue weighted by atomic mass is 10.2.